The van der Waals surface area contributed by atoms with E-state index < -0.39 is 0 Å². The zero-order valence-electron chi connectivity index (χ0n) is 17.0. The van der Waals surface area contributed by atoms with Crippen LogP contribution in [0.15, 0.2) is 100 Å². The van der Waals surface area contributed by atoms with Crippen molar-refractivity contribution in [2.45, 2.75) is 13.5 Å². The molecule has 4 heteroatoms. The van der Waals surface area contributed by atoms with Crippen molar-refractivity contribution in [2.24, 2.45) is 0 Å². The summed E-state index contributed by atoms with van der Waals surface area (Å²) >= 11 is 0. The molecule has 0 unspecified atom stereocenters. The van der Waals surface area contributed by atoms with Crippen LogP contribution in [0.2, 0.25) is 0 Å². The smallest absolute Gasteiger partial charge is 0.235 e. The molecule has 152 valence electrons. The molecular formula is C27H20O4. The van der Waals surface area contributed by atoms with E-state index in [4.69, 9.17) is 13.9 Å². The third kappa shape index (κ3) is 4.01. The molecule has 0 atom stereocenters. The Hall–Kier alpha value is -4.05. The highest BCUT2D eigenvalue weighted by atomic mass is 16.5. The third-order valence-electron chi connectivity index (χ3n) is 5.15. The van der Waals surface area contributed by atoms with Gasteiger partial charge in [-0.3, -0.25) is 4.79 Å². The fourth-order valence-electron chi connectivity index (χ4n) is 3.58. The quantitative estimate of drug-likeness (QED) is 0.328. The average molecular weight is 408 g/mol. The van der Waals surface area contributed by atoms with Gasteiger partial charge in [0, 0.05) is 6.07 Å². The number of fused-ring (bicyclic) bond motifs is 2. The van der Waals surface area contributed by atoms with Crippen LogP contribution in [-0.4, -0.2) is 0 Å². The van der Waals surface area contributed by atoms with Crippen molar-refractivity contribution in [2.75, 3.05) is 0 Å². The van der Waals surface area contributed by atoms with Crippen LogP contribution in [0, 0.1) is 6.92 Å². The van der Waals surface area contributed by atoms with Crippen LogP contribution in [0.25, 0.3) is 21.7 Å². The molecule has 5 aromatic rings. The van der Waals surface area contributed by atoms with Crippen molar-refractivity contribution in [3.8, 4) is 17.2 Å². The van der Waals surface area contributed by atoms with Crippen LogP contribution in [0.1, 0.15) is 11.1 Å². The first-order valence-electron chi connectivity index (χ1n) is 10.1. The lowest BCUT2D eigenvalue weighted by atomic mass is 10.1. The van der Waals surface area contributed by atoms with Crippen LogP contribution in [0.3, 0.4) is 0 Å². The SMILES string of the molecule is Cc1cccc(COc2ccc3c(=O)c(Oc4ccc5ccccc5c4)coc3c2)c1. The molecule has 0 amide bonds. The van der Waals surface area contributed by atoms with E-state index in [0.717, 1.165) is 16.3 Å². The van der Waals surface area contributed by atoms with Crippen molar-refractivity contribution in [3.63, 3.8) is 0 Å². The second-order valence-corrected chi connectivity index (χ2v) is 7.48. The normalized spacial score (nSPS) is 11.0. The molecular weight excluding hydrogens is 388 g/mol. The summed E-state index contributed by atoms with van der Waals surface area (Å²) in [4.78, 5) is 12.9. The Bertz CT molecular complexity index is 1450. The van der Waals surface area contributed by atoms with Crippen molar-refractivity contribution < 1.29 is 13.9 Å². The summed E-state index contributed by atoms with van der Waals surface area (Å²) in [6.45, 7) is 2.49. The zero-order valence-corrected chi connectivity index (χ0v) is 17.0. The lowest BCUT2D eigenvalue weighted by Crippen LogP contribution is -2.05. The number of rotatable bonds is 5. The van der Waals surface area contributed by atoms with Crippen molar-refractivity contribution >= 4 is 21.7 Å². The predicted molar refractivity (Wildman–Crippen MR) is 122 cm³/mol. The molecule has 4 aromatic carbocycles. The van der Waals surface area contributed by atoms with Crippen LogP contribution in [0.4, 0.5) is 0 Å². The molecule has 31 heavy (non-hydrogen) atoms. The van der Waals surface area contributed by atoms with Gasteiger partial charge in [-0.1, -0.05) is 60.2 Å². The number of aryl methyl sites for hydroxylation is 1. The van der Waals surface area contributed by atoms with E-state index in [2.05, 4.69) is 6.07 Å². The molecule has 1 heterocycles. The highest BCUT2D eigenvalue weighted by Crippen LogP contribution is 2.27. The lowest BCUT2D eigenvalue weighted by Gasteiger charge is -2.09. The maximum absolute atomic E-state index is 12.9. The summed E-state index contributed by atoms with van der Waals surface area (Å²) in [7, 11) is 0. The van der Waals surface area contributed by atoms with Gasteiger partial charge >= 0.3 is 0 Å². The number of hydrogen-bond donors (Lipinski definition) is 0. The summed E-state index contributed by atoms with van der Waals surface area (Å²) < 4.78 is 17.4. The van der Waals surface area contributed by atoms with Gasteiger partial charge in [-0.25, -0.2) is 0 Å². The second-order valence-electron chi connectivity index (χ2n) is 7.48. The fourth-order valence-corrected chi connectivity index (χ4v) is 3.58. The Morgan fingerprint density at radius 2 is 1.65 bits per heavy atom. The number of hydrogen-bond acceptors (Lipinski definition) is 4. The van der Waals surface area contributed by atoms with Crippen LogP contribution >= 0.6 is 0 Å². The molecule has 0 aliphatic carbocycles. The monoisotopic (exact) mass is 408 g/mol. The van der Waals surface area contributed by atoms with Crippen molar-refractivity contribution in [3.05, 3.63) is 113 Å². The van der Waals surface area contributed by atoms with Gasteiger partial charge in [-0.15, -0.1) is 0 Å². The first-order chi connectivity index (χ1) is 15.2. The molecule has 0 aliphatic heterocycles. The van der Waals surface area contributed by atoms with Crippen molar-refractivity contribution in [1.82, 2.24) is 0 Å². The van der Waals surface area contributed by atoms with Gasteiger partial charge in [0.05, 0.1) is 5.39 Å². The van der Waals surface area contributed by atoms with Gasteiger partial charge in [-0.05, 0) is 47.5 Å². The molecule has 0 bridgehead atoms. The highest BCUT2D eigenvalue weighted by molar-refractivity contribution is 5.84. The first-order valence-corrected chi connectivity index (χ1v) is 10.1. The number of benzene rings is 4. The Labute approximate surface area is 179 Å². The van der Waals surface area contributed by atoms with Crippen LogP contribution < -0.4 is 14.9 Å². The molecule has 0 spiro atoms. The maximum atomic E-state index is 12.9. The van der Waals surface area contributed by atoms with E-state index in [9.17, 15) is 4.79 Å². The molecule has 0 fully saturated rings. The number of ether oxygens (including phenoxy) is 2. The summed E-state index contributed by atoms with van der Waals surface area (Å²) in [5.41, 5.74) is 2.50. The van der Waals surface area contributed by atoms with E-state index in [0.29, 0.717) is 29.1 Å². The van der Waals surface area contributed by atoms with E-state index in [1.165, 1.54) is 11.8 Å². The Morgan fingerprint density at radius 3 is 2.52 bits per heavy atom. The van der Waals surface area contributed by atoms with E-state index in [1.54, 1.807) is 18.2 Å². The average Bonchev–Trinajstić information content (AvgIpc) is 2.79. The summed E-state index contributed by atoms with van der Waals surface area (Å²) in [5, 5.41) is 2.60. The Balaban J connectivity index is 1.39. The van der Waals surface area contributed by atoms with E-state index in [1.807, 2.05) is 67.6 Å². The van der Waals surface area contributed by atoms with Gasteiger partial charge in [-0.2, -0.15) is 0 Å². The molecule has 0 saturated carbocycles. The molecule has 1 aromatic heterocycles. The topological polar surface area (TPSA) is 48.7 Å². The van der Waals surface area contributed by atoms with Crippen LogP contribution in [-0.2, 0) is 6.61 Å². The van der Waals surface area contributed by atoms with Gasteiger partial charge in [0.15, 0.2) is 0 Å². The van der Waals surface area contributed by atoms with Gasteiger partial charge < -0.3 is 13.9 Å². The first kappa shape index (κ1) is 18.9. The standard InChI is InChI=1S/C27H20O4/c1-18-5-4-6-19(13-18)16-29-22-11-12-24-25(15-22)30-17-26(27(24)28)31-23-10-9-20-7-2-3-8-21(20)14-23/h2-15,17H,16H2,1H3. The molecule has 4 nitrogen and oxygen atoms in total. The van der Waals surface area contributed by atoms with Gasteiger partial charge in [0.2, 0.25) is 11.2 Å². The van der Waals surface area contributed by atoms with E-state index >= 15 is 0 Å². The van der Waals surface area contributed by atoms with Crippen LogP contribution in [0.5, 0.6) is 17.2 Å². The summed E-state index contributed by atoms with van der Waals surface area (Å²) in [6.07, 6.45) is 1.35. The third-order valence-corrected chi connectivity index (χ3v) is 5.15. The molecule has 5 rings (SSSR count). The minimum Gasteiger partial charge on any atom is -0.489 e. The largest absolute Gasteiger partial charge is 0.489 e. The Kier molecular flexibility index (Phi) is 4.89. The predicted octanol–water partition coefficient (Wildman–Crippen LogP) is 6.63. The molecule has 0 aliphatic rings. The highest BCUT2D eigenvalue weighted by Gasteiger charge is 2.11. The molecule has 0 N–H and O–H groups in total. The minimum atomic E-state index is -0.223. The van der Waals surface area contributed by atoms with E-state index in [-0.39, 0.29) is 11.2 Å². The van der Waals surface area contributed by atoms with Gasteiger partial charge in [0.1, 0.15) is 30.0 Å². The van der Waals surface area contributed by atoms with Gasteiger partial charge in [0.25, 0.3) is 0 Å². The molecule has 0 saturated heterocycles. The second kappa shape index (κ2) is 8.00. The summed E-state index contributed by atoms with van der Waals surface area (Å²) in [6, 6.07) is 27.1. The minimum absolute atomic E-state index is 0.149. The zero-order chi connectivity index (χ0) is 21.2. The Morgan fingerprint density at radius 1 is 0.806 bits per heavy atom. The maximum Gasteiger partial charge on any atom is 0.235 e. The molecule has 0 radical (unpaired) electrons. The lowest BCUT2D eigenvalue weighted by molar-refractivity contribution is 0.306. The summed E-state index contributed by atoms with van der Waals surface area (Å²) in [5.74, 6) is 1.38. The van der Waals surface area contributed by atoms with Crippen molar-refractivity contribution in [1.29, 1.82) is 0 Å². The fraction of sp³-hybridized carbons (Fsp3) is 0.0741.